The summed E-state index contributed by atoms with van der Waals surface area (Å²) in [5.74, 6) is -0.102. The van der Waals surface area contributed by atoms with Crippen LogP contribution in [-0.4, -0.2) is 44.1 Å². The summed E-state index contributed by atoms with van der Waals surface area (Å²) in [4.78, 5) is 25.4. The predicted octanol–water partition coefficient (Wildman–Crippen LogP) is 0.912. The number of benzene rings is 1. The number of amides is 1. The van der Waals surface area contributed by atoms with E-state index >= 15 is 0 Å². The Morgan fingerprint density at radius 2 is 2.10 bits per heavy atom. The fourth-order valence-electron chi connectivity index (χ4n) is 2.35. The van der Waals surface area contributed by atoms with E-state index in [1.165, 1.54) is 14.2 Å². The van der Waals surface area contributed by atoms with Gasteiger partial charge in [0.2, 0.25) is 0 Å². The molecular weight excluding hydrogens is 260 g/mol. The van der Waals surface area contributed by atoms with Gasteiger partial charge in [-0.05, 0) is 24.6 Å². The van der Waals surface area contributed by atoms with Gasteiger partial charge >= 0.3 is 5.97 Å². The van der Waals surface area contributed by atoms with Gasteiger partial charge < -0.3 is 20.1 Å². The number of esters is 1. The van der Waals surface area contributed by atoms with Gasteiger partial charge in [-0.1, -0.05) is 0 Å². The molecule has 6 nitrogen and oxygen atoms in total. The number of carbonyl (C=O) groups is 2. The van der Waals surface area contributed by atoms with E-state index in [0.717, 1.165) is 0 Å². The van der Waals surface area contributed by atoms with Crippen molar-refractivity contribution in [2.75, 3.05) is 33.0 Å². The quantitative estimate of drug-likeness (QED) is 0.656. The van der Waals surface area contributed by atoms with E-state index in [1.807, 2.05) is 0 Å². The van der Waals surface area contributed by atoms with E-state index in [0.29, 0.717) is 36.5 Å². The fourth-order valence-corrected chi connectivity index (χ4v) is 2.35. The molecule has 1 atom stereocenters. The van der Waals surface area contributed by atoms with E-state index in [2.05, 4.69) is 0 Å². The highest BCUT2D eigenvalue weighted by Crippen LogP contribution is 2.25. The molecule has 2 rings (SSSR count). The Bertz CT molecular complexity index is 530. The maximum Gasteiger partial charge on any atom is 0.310 e. The number of hydrogen-bond donors (Lipinski definition) is 1. The van der Waals surface area contributed by atoms with Crippen LogP contribution in [0, 0.1) is 5.92 Å². The van der Waals surface area contributed by atoms with Crippen molar-refractivity contribution in [2.45, 2.75) is 6.42 Å². The molecule has 1 unspecified atom stereocenters. The lowest BCUT2D eigenvalue weighted by atomic mass is 10.1. The third-order valence-electron chi connectivity index (χ3n) is 3.49. The molecule has 1 aliphatic rings. The first kappa shape index (κ1) is 14.2. The normalized spacial score (nSPS) is 17.9. The van der Waals surface area contributed by atoms with Crippen molar-refractivity contribution in [3.05, 3.63) is 23.8 Å². The van der Waals surface area contributed by atoms with Crippen LogP contribution in [0.25, 0.3) is 0 Å². The van der Waals surface area contributed by atoms with Gasteiger partial charge in [-0.3, -0.25) is 9.59 Å². The Morgan fingerprint density at radius 3 is 2.70 bits per heavy atom. The lowest BCUT2D eigenvalue weighted by Gasteiger charge is -2.16. The Hall–Kier alpha value is -2.24. The zero-order valence-electron chi connectivity index (χ0n) is 11.6. The zero-order valence-corrected chi connectivity index (χ0v) is 11.6. The molecular formula is C14H18N2O4. The van der Waals surface area contributed by atoms with Gasteiger partial charge in [0.25, 0.3) is 5.91 Å². The minimum absolute atomic E-state index is 0.134. The number of nitrogens with two attached hydrogens (primary N) is 1. The summed E-state index contributed by atoms with van der Waals surface area (Å²) >= 11 is 0. The van der Waals surface area contributed by atoms with Gasteiger partial charge in [0.05, 0.1) is 25.8 Å². The second-order valence-electron chi connectivity index (χ2n) is 4.72. The van der Waals surface area contributed by atoms with Crippen LogP contribution in [0.4, 0.5) is 5.69 Å². The van der Waals surface area contributed by atoms with Gasteiger partial charge in [-0.15, -0.1) is 0 Å². The maximum absolute atomic E-state index is 12.3. The first-order valence-electron chi connectivity index (χ1n) is 6.37. The lowest BCUT2D eigenvalue weighted by molar-refractivity contribution is -0.144. The van der Waals surface area contributed by atoms with Crippen molar-refractivity contribution in [1.82, 2.24) is 4.90 Å². The third kappa shape index (κ3) is 2.68. The van der Waals surface area contributed by atoms with Crippen molar-refractivity contribution in [2.24, 2.45) is 5.92 Å². The summed E-state index contributed by atoms with van der Waals surface area (Å²) in [5.41, 5.74) is 6.71. The molecule has 108 valence electrons. The summed E-state index contributed by atoms with van der Waals surface area (Å²) in [6.07, 6.45) is 0.629. The molecule has 0 spiro atoms. The monoisotopic (exact) mass is 278 g/mol. The van der Waals surface area contributed by atoms with Crippen molar-refractivity contribution >= 4 is 17.6 Å². The number of nitrogen functional groups attached to an aromatic ring is 1. The number of carbonyl (C=O) groups excluding carboxylic acids is 2. The number of ether oxygens (including phenoxy) is 2. The summed E-state index contributed by atoms with van der Waals surface area (Å²) in [6.45, 7) is 0.933. The molecule has 2 N–H and O–H groups in total. The molecule has 1 aromatic rings. The Kier molecular flexibility index (Phi) is 4.12. The van der Waals surface area contributed by atoms with E-state index in [9.17, 15) is 9.59 Å². The Morgan fingerprint density at radius 1 is 1.35 bits per heavy atom. The van der Waals surface area contributed by atoms with Crippen molar-refractivity contribution in [3.63, 3.8) is 0 Å². The number of methoxy groups -OCH3 is 2. The predicted molar refractivity (Wildman–Crippen MR) is 73.4 cm³/mol. The molecule has 0 saturated carbocycles. The maximum atomic E-state index is 12.3. The molecule has 1 heterocycles. The van der Waals surface area contributed by atoms with Crippen LogP contribution in [0.2, 0.25) is 0 Å². The molecule has 0 radical (unpaired) electrons. The van der Waals surface area contributed by atoms with Crippen molar-refractivity contribution in [3.8, 4) is 5.75 Å². The number of likely N-dealkylation sites (tertiary alicyclic amines) is 1. The first-order valence-corrected chi connectivity index (χ1v) is 6.37. The minimum Gasteiger partial charge on any atom is -0.495 e. The molecule has 1 saturated heterocycles. The Balaban J connectivity index is 2.09. The van der Waals surface area contributed by atoms with Gasteiger partial charge in [-0.25, -0.2) is 0 Å². The second kappa shape index (κ2) is 5.81. The van der Waals surface area contributed by atoms with Crippen LogP contribution in [-0.2, 0) is 9.53 Å². The Labute approximate surface area is 117 Å². The molecule has 1 aliphatic heterocycles. The van der Waals surface area contributed by atoms with Crippen LogP contribution >= 0.6 is 0 Å². The van der Waals surface area contributed by atoms with Gasteiger partial charge in [0.15, 0.2) is 0 Å². The molecule has 6 heteroatoms. The number of anilines is 1. The summed E-state index contributed by atoms with van der Waals surface area (Å²) < 4.78 is 9.76. The van der Waals surface area contributed by atoms with Crippen molar-refractivity contribution < 1.29 is 19.1 Å². The first-order chi connectivity index (χ1) is 9.56. The smallest absolute Gasteiger partial charge is 0.310 e. The van der Waals surface area contributed by atoms with E-state index in [4.69, 9.17) is 15.2 Å². The van der Waals surface area contributed by atoms with Crippen molar-refractivity contribution in [1.29, 1.82) is 0 Å². The average molecular weight is 278 g/mol. The largest absolute Gasteiger partial charge is 0.495 e. The van der Waals surface area contributed by atoms with Crippen LogP contribution in [0.5, 0.6) is 5.75 Å². The molecule has 0 aromatic heterocycles. The average Bonchev–Trinajstić information content (AvgIpc) is 2.95. The van der Waals surface area contributed by atoms with Crippen LogP contribution < -0.4 is 10.5 Å². The molecule has 1 aromatic carbocycles. The van der Waals surface area contributed by atoms with E-state index in [1.54, 1.807) is 23.1 Å². The standard InChI is InChI=1S/C14H18N2O4/c1-19-12-4-3-9(7-11(12)15)13(17)16-6-5-10(8-16)14(18)20-2/h3-4,7,10H,5-6,8,15H2,1-2H3. The molecule has 0 aliphatic carbocycles. The molecule has 0 bridgehead atoms. The van der Waals surface area contributed by atoms with Crippen LogP contribution in [0.3, 0.4) is 0 Å². The highest BCUT2D eigenvalue weighted by atomic mass is 16.5. The summed E-state index contributed by atoms with van der Waals surface area (Å²) in [6, 6.07) is 4.92. The SMILES string of the molecule is COC(=O)C1CCN(C(=O)c2ccc(OC)c(N)c2)C1. The molecule has 20 heavy (non-hydrogen) atoms. The number of hydrogen-bond acceptors (Lipinski definition) is 5. The van der Waals surface area contributed by atoms with Gasteiger partial charge in [0, 0.05) is 18.7 Å². The number of nitrogens with zero attached hydrogens (tertiary/aromatic N) is 1. The molecule has 1 amide bonds. The summed E-state index contributed by atoms with van der Waals surface area (Å²) in [7, 11) is 2.88. The van der Waals surface area contributed by atoms with Crippen LogP contribution in [0.15, 0.2) is 18.2 Å². The highest BCUT2D eigenvalue weighted by molar-refractivity contribution is 5.96. The van der Waals surface area contributed by atoms with E-state index in [-0.39, 0.29) is 17.8 Å². The van der Waals surface area contributed by atoms with Crippen LogP contribution in [0.1, 0.15) is 16.8 Å². The topological polar surface area (TPSA) is 81.9 Å². The highest BCUT2D eigenvalue weighted by Gasteiger charge is 2.32. The second-order valence-corrected chi connectivity index (χ2v) is 4.72. The minimum atomic E-state index is -0.269. The zero-order chi connectivity index (χ0) is 14.7. The fraction of sp³-hybridized carbons (Fsp3) is 0.429. The van der Waals surface area contributed by atoms with Gasteiger partial charge in [0.1, 0.15) is 5.75 Å². The van der Waals surface area contributed by atoms with Gasteiger partial charge in [-0.2, -0.15) is 0 Å². The van der Waals surface area contributed by atoms with E-state index < -0.39 is 0 Å². The summed E-state index contributed by atoms with van der Waals surface area (Å²) in [5, 5.41) is 0. The molecule has 1 fully saturated rings. The third-order valence-corrected chi connectivity index (χ3v) is 3.49. The lowest BCUT2D eigenvalue weighted by Crippen LogP contribution is -2.30. The number of rotatable bonds is 3.